The molecule has 19 heavy (non-hydrogen) atoms. The van der Waals surface area contributed by atoms with E-state index in [0.717, 1.165) is 12.8 Å². The molecule has 110 valence electrons. The Kier molecular flexibility index (Phi) is 8.91. The van der Waals surface area contributed by atoms with Gasteiger partial charge in [0.2, 0.25) is 5.79 Å². The quantitative estimate of drug-likeness (QED) is 0.256. The molecule has 5 nitrogen and oxygen atoms in total. The van der Waals surface area contributed by atoms with Crippen LogP contribution in [0.1, 0.15) is 33.1 Å². The standard InChI is InChI=1S/C14H24O5/c1-5-18-14(3,4)19-11-10-17-9-7-6-8-12(2)13(15)16/h5H,1-2,6-11H2,3-4H3,(H,15,16). The van der Waals surface area contributed by atoms with Gasteiger partial charge in [-0.1, -0.05) is 13.2 Å². The van der Waals surface area contributed by atoms with Crippen molar-refractivity contribution in [1.29, 1.82) is 0 Å². The Bertz CT molecular complexity index is 296. The van der Waals surface area contributed by atoms with Crippen LogP contribution in [0.5, 0.6) is 0 Å². The van der Waals surface area contributed by atoms with Gasteiger partial charge in [0.1, 0.15) is 0 Å². The second kappa shape index (κ2) is 9.58. The Morgan fingerprint density at radius 3 is 2.53 bits per heavy atom. The van der Waals surface area contributed by atoms with Crippen molar-refractivity contribution in [3.8, 4) is 0 Å². The van der Waals surface area contributed by atoms with Gasteiger partial charge < -0.3 is 19.3 Å². The molecule has 0 aromatic heterocycles. The Balaban J connectivity index is 3.39. The fourth-order valence-corrected chi connectivity index (χ4v) is 1.33. The SMILES string of the molecule is C=COC(C)(C)OCCOCCCCC(=C)C(=O)O. The van der Waals surface area contributed by atoms with E-state index in [0.29, 0.717) is 26.2 Å². The molecule has 1 N–H and O–H groups in total. The minimum absolute atomic E-state index is 0.242. The molecule has 0 radical (unpaired) electrons. The minimum atomic E-state index is -0.932. The minimum Gasteiger partial charge on any atom is -0.478 e. The highest BCUT2D eigenvalue weighted by Gasteiger charge is 2.17. The maximum atomic E-state index is 10.5. The molecule has 0 bridgehead atoms. The van der Waals surface area contributed by atoms with Crippen LogP contribution in [0.2, 0.25) is 0 Å². The van der Waals surface area contributed by atoms with E-state index < -0.39 is 11.8 Å². The predicted octanol–water partition coefficient (Wildman–Crippen LogP) is 2.73. The van der Waals surface area contributed by atoms with Crippen LogP contribution in [0, 0.1) is 0 Å². The van der Waals surface area contributed by atoms with Gasteiger partial charge >= 0.3 is 5.97 Å². The molecule has 0 unspecified atom stereocenters. The summed E-state index contributed by atoms with van der Waals surface area (Å²) in [4.78, 5) is 10.5. The van der Waals surface area contributed by atoms with Crippen molar-refractivity contribution >= 4 is 5.97 Å². The molecule has 0 fully saturated rings. The van der Waals surface area contributed by atoms with E-state index in [4.69, 9.17) is 19.3 Å². The molecule has 0 atom stereocenters. The number of carboxylic acid groups (broad SMARTS) is 1. The van der Waals surface area contributed by atoms with E-state index >= 15 is 0 Å². The lowest BCUT2D eigenvalue weighted by Gasteiger charge is -2.24. The predicted molar refractivity (Wildman–Crippen MR) is 72.8 cm³/mol. The van der Waals surface area contributed by atoms with Crippen molar-refractivity contribution in [3.05, 3.63) is 25.0 Å². The van der Waals surface area contributed by atoms with Crippen LogP contribution < -0.4 is 0 Å². The van der Waals surface area contributed by atoms with E-state index in [2.05, 4.69) is 13.2 Å². The van der Waals surface area contributed by atoms with Crippen molar-refractivity contribution in [2.24, 2.45) is 0 Å². The number of rotatable bonds is 12. The van der Waals surface area contributed by atoms with Gasteiger partial charge in [0.05, 0.1) is 19.5 Å². The molecular weight excluding hydrogens is 248 g/mol. The van der Waals surface area contributed by atoms with Gasteiger partial charge in [0.25, 0.3) is 0 Å². The Morgan fingerprint density at radius 1 is 1.26 bits per heavy atom. The van der Waals surface area contributed by atoms with Crippen molar-refractivity contribution in [3.63, 3.8) is 0 Å². The lowest BCUT2D eigenvalue weighted by Crippen LogP contribution is -2.27. The first kappa shape index (κ1) is 17.7. The number of carbonyl (C=O) groups is 1. The molecule has 0 aromatic rings. The second-order valence-corrected chi connectivity index (χ2v) is 4.51. The fraction of sp³-hybridized carbons (Fsp3) is 0.643. The Morgan fingerprint density at radius 2 is 1.95 bits per heavy atom. The van der Waals surface area contributed by atoms with Gasteiger partial charge in [-0.2, -0.15) is 0 Å². The third kappa shape index (κ3) is 10.3. The van der Waals surface area contributed by atoms with E-state index in [1.165, 1.54) is 6.26 Å². The summed E-state index contributed by atoms with van der Waals surface area (Å²) in [5.74, 6) is -1.62. The third-order valence-corrected chi connectivity index (χ3v) is 2.36. The maximum Gasteiger partial charge on any atom is 0.330 e. The number of hydrogen-bond acceptors (Lipinski definition) is 4. The second-order valence-electron chi connectivity index (χ2n) is 4.51. The van der Waals surface area contributed by atoms with E-state index in [1.807, 2.05) is 0 Å². The largest absolute Gasteiger partial charge is 0.478 e. The third-order valence-electron chi connectivity index (χ3n) is 2.36. The van der Waals surface area contributed by atoms with E-state index in [9.17, 15) is 4.79 Å². The first-order chi connectivity index (χ1) is 8.89. The molecular formula is C14H24O5. The average molecular weight is 272 g/mol. The smallest absolute Gasteiger partial charge is 0.330 e. The van der Waals surface area contributed by atoms with Crippen LogP contribution in [-0.2, 0) is 19.0 Å². The summed E-state index contributed by atoms with van der Waals surface area (Å²) in [7, 11) is 0. The molecule has 0 saturated heterocycles. The van der Waals surface area contributed by atoms with Crippen LogP contribution in [0.4, 0.5) is 0 Å². The highest BCUT2D eigenvalue weighted by molar-refractivity contribution is 5.85. The van der Waals surface area contributed by atoms with Crippen LogP contribution in [-0.4, -0.2) is 36.7 Å². The molecule has 0 amide bonds. The summed E-state index contributed by atoms with van der Waals surface area (Å²) in [5.41, 5.74) is 0.242. The summed E-state index contributed by atoms with van der Waals surface area (Å²) in [5, 5.41) is 8.61. The number of carboxylic acids is 1. The van der Waals surface area contributed by atoms with Crippen molar-refractivity contribution in [2.45, 2.75) is 38.9 Å². The van der Waals surface area contributed by atoms with Crippen LogP contribution >= 0.6 is 0 Å². The van der Waals surface area contributed by atoms with Crippen molar-refractivity contribution in [2.75, 3.05) is 19.8 Å². The van der Waals surface area contributed by atoms with Crippen LogP contribution in [0.15, 0.2) is 25.0 Å². The molecule has 0 aliphatic carbocycles. The molecule has 0 aliphatic rings. The van der Waals surface area contributed by atoms with Crippen LogP contribution in [0.3, 0.4) is 0 Å². The van der Waals surface area contributed by atoms with Gasteiger partial charge in [-0.05, 0) is 19.3 Å². The van der Waals surface area contributed by atoms with Gasteiger partial charge in [0.15, 0.2) is 0 Å². The van der Waals surface area contributed by atoms with Crippen molar-refractivity contribution in [1.82, 2.24) is 0 Å². The highest BCUT2D eigenvalue weighted by Crippen LogP contribution is 2.10. The highest BCUT2D eigenvalue weighted by atomic mass is 16.7. The number of hydrogen-bond donors (Lipinski definition) is 1. The lowest BCUT2D eigenvalue weighted by atomic mass is 10.1. The van der Waals surface area contributed by atoms with Gasteiger partial charge in [-0.3, -0.25) is 0 Å². The molecule has 0 rings (SSSR count). The number of aliphatic carboxylic acids is 1. The topological polar surface area (TPSA) is 65.0 Å². The average Bonchev–Trinajstić information content (AvgIpc) is 2.31. The normalized spacial score (nSPS) is 11.1. The van der Waals surface area contributed by atoms with Gasteiger partial charge in [-0.15, -0.1) is 0 Å². The van der Waals surface area contributed by atoms with Crippen molar-refractivity contribution < 1.29 is 24.1 Å². The summed E-state index contributed by atoms with van der Waals surface area (Å²) >= 11 is 0. The Labute approximate surface area is 114 Å². The summed E-state index contributed by atoms with van der Waals surface area (Å²) in [6.45, 7) is 12.0. The fourth-order valence-electron chi connectivity index (χ4n) is 1.33. The number of unbranched alkanes of at least 4 members (excludes halogenated alkanes) is 1. The molecule has 0 aliphatic heterocycles. The van der Waals surface area contributed by atoms with E-state index in [1.54, 1.807) is 13.8 Å². The van der Waals surface area contributed by atoms with Gasteiger partial charge in [0, 0.05) is 26.0 Å². The summed E-state index contributed by atoms with van der Waals surface area (Å²) < 4.78 is 15.9. The van der Waals surface area contributed by atoms with E-state index in [-0.39, 0.29) is 5.57 Å². The first-order valence-electron chi connectivity index (χ1n) is 6.30. The summed E-state index contributed by atoms with van der Waals surface area (Å²) in [6, 6.07) is 0. The molecule has 0 spiro atoms. The monoisotopic (exact) mass is 272 g/mol. The molecule has 0 saturated carbocycles. The maximum absolute atomic E-state index is 10.5. The zero-order chi connectivity index (χ0) is 14.7. The lowest BCUT2D eigenvalue weighted by molar-refractivity contribution is -0.187. The van der Waals surface area contributed by atoms with Crippen LogP contribution in [0.25, 0.3) is 0 Å². The zero-order valence-corrected chi connectivity index (χ0v) is 11.8. The molecule has 5 heteroatoms. The first-order valence-corrected chi connectivity index (χ1v) is 6.30. The molecule has 0 heterocycles. The Hall–Kier alpha value is -1.33. The summed E-state index contributed by atoms with van der Waals surface area (Å²) in [6.07, 6.45) is 3.40. The zero-order valence-electron chi connectivity index (χ0n) is 11.8. The number of ether oxygens (including phenoxy) is 3. The molecule has 0 aromatic carbocycles. The van der Waals surface area contributed by atoms with Gasteiger partial charge in [-0.25, -0.2) is 4.79 Å².